The van der Waals surface area contributed by atoms with Crippen LogP contribution in [-0.4, -0.2) is 6.16 Å². The normalized spacial score (nSPS) is 29.0. The first kappa shape index (κ1) is 8.07. The summed E-state index contributed by atoms with van der Waals surface area (Å²) in [4.78, 5) is 0. The topological polar surface area (TPSA) is 17.1 Å². The monoisotopic (exact) mass is 180 g/mol. The number of rotatable bonds is 1. The maximum Gasteiger partial charge on any atom is 0.0833 e. The SMILES string of the molecule is O=[PH]1CCC[C@H]1c1ccccc1. The highest BCUT2D eigenvalue weighted by atomic mass is 31.1. The lowest BCUT2D eigenvalue weighted by molar-refractivity contribution is 0.585. The van der Waals surface area contributed by atoms with Crippen molar-refractivity contribution in [3.63, 3.8) is 0 Å². The van der Waals surface area contributed by atoms with Gasteiger partial charge in [-0.05, 0) is 24.6 Å². The van der Waals surface area contributed by atoms with Crippen LogP contribution in [0.2, 0.25) is 0 Å². The molecule has 1 aromatic carbocycles. The molecule has 0 saturated carbocycles. The van der Waals surface area contributed by atoms with Crippen molar-refractivity contribution in [1.82, 2.24) is 0 Å². The van der Waals surface area contributed by atoms with E-state index >= 15 is 0 Å². The molecular formula is C10H13OP. The van der Waals surface area contributed by atoms with Crippen molar-refractivity contribution in [2.24, 2.45) is 0 Å². The van der Waals surface area contributed by atoms with Gasteiger partial charge in [-0.1, -0.05) is 30.3 Å². The molecule has 1 fully saturated rings. The minimum absolute atomic E-state index is 0.385. The molecule has 2 atom stereocenters. The molecule has 1 aliphatic rings. The highest BCUT2D eigenvalue weighted by Crippen LogP contribution is 2.50. The fraction of sp³-hybridized carbons (Fsp3) is 0.400. The Morgan fingerprint density at radius 3 is 2.58 bits per heavy atom. The molecule has 1 aliphatic heterocycles. The maximum atomic E-state index is 11.6. The van der Waals surface area contributed by atoms with Crippen molar-refractivity contribution < 1.29 is 4.57 Å². The van der Waals surface area contributed by atoms with Gasteiger partial charge in [-0.15, -0.1) is 0 Å². The van der Waals surface area contributed by atoms with Gasteiger partial charge in [0.15, 0.2) is 0 Å². The Labute approximate surface area is 73.6 Å². The van der Waals surface area contributed by atoms with E-state index in [0.29, 0.717) is 5.66 Å². The van der Waals surface area contributed by atoms with Crippen LogP contribution in [0.4, 0.5) is 0 Å². The predicted molar refractivity (Wildman–Crippen MR) is 52.3 cm³/mol. The van der Waals surface area contributed by atoms with Crippen molar-refractivity contribution in [2.45, 2.75) is 18.5 Å². The van der Waals surface area contributed by atoms with Gasteiger partial charge in [0.1, 0.15) is 0 Å². The van der Waals surface area contributed by atoms with Crippen molar-refractivity contribution >= 4 is 7.80 Å². The van der Waals surface area contributed by atoms with Gasteiger partial charge in [-0.2, -0.15) is 0 Å². The number of hydrogen-bond acceptors (Lipinski definition) is 1. The zero-order valence-electron chi connectivity index (χ0n) is 6.99. The van der Waals surface area contributed by atoms with Gasteiger partial charge in [0, 0.05) is 5.66 Å². The lowest BCUT2D eigenvalue weighted by Crippen LogP contribution is -1.86. The van der Waals surface area contributed by atoms with E-state index in [0.717, 1.165) is 19.0 Å². The molecule has 0 aromatic heterocycles. The molecule has 0 amide bonds. The molecular weight excluding hydrogens is 167 g/mol. The fourth-order valence-electron chi connectivity index (χ4n) is 1.85. The number of hydrogen-bond donors (Lipinski definition) is 0. The lowest BCUT2D eigenvalue weighted by Gasteiger charge is -2.07. The van der Waals surface area contributed by atoms with Crippen LogP contribution in [-0.2, 0) is 4.57 Å². The summed E-state index contributed by atoms with van der Waals surface area (Å²) in [7, 11) is -1.30. The van der Waals surface area contributed by atoms with E-state index in [1.807, 2.05) is 18.2 Å². The maximum absolute atomic E-state index is 11.6. The molecule has 1 unspecified atom stereocenters. The summed E-state index contributed by atoms with van der Waals surface area (Å²) in [5.41, 5.74) is 1.66. The lowest BCUT2D eigenvalue weighted by atomic mass is 10.1. The van der Waals surface area contributed by atoms with Crippen molar-refractivity contribution in [3.05, 3.63) is 35.9 Å². The third-order valence-electron chi connectivity index (χ3n) is 2.51. The van der Waals surface area contributed by atoms with Crippen LogP contribution in [0.3, 0.4) is 0 Å². The highest BCUT2D eigenvalue weighted by molar-refractivity contribution is 7.45. The van der Waals surface area contributed by atoms with Gasteiger partial charge >= 0.3 is 0 Å². The standard InChI is InChI=1S/C10H13OP/c11-12-8-4-7-10(12)9-5-2-1-3-6-9/h1-3,5-6,10,12H,4,7-8H2/t10-/m0/s1. The summed E-state index contributed by atoms with van der Waals surface area (Å²) in [6.45, 7) is 0. The van der Waals surface area contributed by atoms with Gasteiger partial charge in [0.05, 0.1) is 7.80 Å². The summed E-state index contributed by atoms with van der Waals surface area (Å²) < 4.78 is 11.6. The van der Waals surface area contributed by atoms with E-state index in [2.05, 4.69) is 12.1 Å². The third kappa shape index (κ3) is 1.47. The largest absolute Gasteiger partial charge is 0.326 e. The van der Waals surface area contributed by atoms with E-state index in [1.165, 1.54) is 5.56 Å². The minimum Gasteiger partial charge on any atom is -0.326 e. The average molecular weight is 180 g/mol. The summed E-state index contributed by atoms with van der Waals surface area (Å²) in [5, 5.41) is 0. The van der Waals surface area contributed by atoms with Gasteiger partial charge in [-0.3, -0.25) is 0 Å². The molecule has 0 radical (unpaired) electrons. The van der Waals surface area contributed by atoms with Gasteiger partial charge < -0.3 is 4.57 Å². The van der Waals surface area contributed by atoms with E-state index in [1.54, 1.807) is 0 Å². The molecule has 1 nitrogen and oxygen atoms in total. The third-order valence-corrected chi connectivity index (χ3v) is 4.75. The quantitative estimate of drug-likeness (QED) is 0.607. The highest BCUT2D eigenvalue weighted by Gasteiger charge is 2.23. The van der Waals surface area contributed by atoms with Crippen LogP contribution in [0.25, 0.3) is 0 Å². The van der Waals surface area contributed by atoms with Crippen LogP contribution >= 0.6 is 7.80 Å². The van der Waals surface area contributed by atoms with Crippen LogP contribution in [0.1, 0.15) is 24.1 Å². The Hall–Kier alpha value is -0.550. The van der Waals surface area contributed by atoms with Crippen LogP contribution in [0, 0.1) is 0 Å². The molecule has 64 valence electrons. The summed E-state index contributed by atoms with van der Waals surface area (Å²) in [6.07, 6.45) is 3.24. The second kappa shape index (κ2) is 3.45. The average Bonchev–Trinajstić information content (AvgIpc) is 2.53. The Morgan fingerprint density at radius 2 is 2.00 bits per heavy atom. The van der Waals surface area contributed by atoms with Crippen molar-refractivity contribution in [1.29, 1.82) is 0 Å². The first-order valence-electron chi connectivity index (χ1n) is 4.45. The van der Waals surface area contributed by atoms with E-state index in [9.17, 15) is 4.57 Å². The summed E-state index contributed by atoms with van der Waals surface area (Å²) in [5.74, 6) is 0. The predicted octanol–water partition coefficient (Wildman–Crippen LogP) is 3.08. The Kier molecular flexibility index (Phi) is 2.32. The zero-order valence-corrected chi connectivity index (χ0v) is 7.99. The molecule has 0 spiro atoms. The van der Waals surface area contributed by atoms with Crippen LogP contribution in [0.5, 0.6) is 0 Å². The smallest absolute Gasteiger partial charge is 0.0833 e. The van der Waals surface area contributed by atoms with Crippen molar-refractivity contribution in [3.8, 4) is 0 Å². The Morgan fingerprint density at radius 1 is 1.25 bits per heavy atom. The van der Waals surface area contributed by atoms with E-state index in [4.69, 9.17) is 0 Å². The van der Waals surface area contributed by atoms with Gasteiger partial charge in [-0.25, -0.2) is 0 Å². The van der Waals surface area contributed by atoms with Gasteiger partial charge in [0.25, 0.3) is 0 Å². The fourth-order valence-corrected chi connectivity index (χ4v) is 3.84. The van der Waals surface area contributed by atoms with E-state index in [-0.39, 0.29) is 0 Å². The molecule has 12 heavy (non-hydrogen) atoms. The van der Waals surface area contributed by atoms with Gasteiger partial charge in [0.2, 0.25) is 0 Å². The molecule has 2 heteroatoms. The van der Waals surface area contributed by atoms with Crippen LogP contribution in [0.15, 0.2) is 30.3 Å². The molecule has 0 N–H and O–H groups in total. The Bertz CT molecular complexity index is 281. The zero-order chi connectivity index (χ0) is 8.39. The Balaban J connectivity index is 2.25. The summed E-state index contributed by atoms with van der Waals surface area (Å²) >= 11 is 0. The van der Waals surface area contributed by atoms with E-state index < -0.39 is 7.80 Å². The molecule has 2 rings (SSSR count). The second-order valence-corrected chi connectivity index (χ2v) is 5.45. The number of benzene rings is 1. The first-order chi connectivity index (χ1) is 5.88. The van der Waals surface area contributed by atoms with Crippen LogP contribution < -0.4 is 0 Å². The first-order valence-corrected chi connectivity index (χ1v) is 6.15. The molecule has 1 saturated heterocycles. The van der Waals surface area contributed by atoms with Crippen molar-refractivity contribution in [2.75, 3.05) is 6.16 Å². The molecule has 1 aromatic rings. The second-order valence-electron chi connectivity index (χ2n) is 3.32. The molecule has 0 aliphatic carbocycles. The summed E-state index contributed by atoms with van der Waals surface area (Å²) in [6, 6.07) is 10.3. The minimum atomic E-state index is -1.30. The molecule has 1 heterocycles. The molecule has 0 bridgehead atoms.